The molecule has 1 aliphatic rings. The Hall–Kier alpha value is -0.810. The first-order valence-electron chi connectivity index (χ1n) is 4.03. The molecule has 1 aliphatic carbocycles. The SMILES string of the molecule is C=C1CCCC(N)(C#N)CC1. The third kappa shape index (κ3) is 2.06. The number of hydrogen-bond donors (Lipinski definition) is 1. The van der Waals surface area contributed by atoms with Gasteiger partial charge in [-0.25, -0.2) is 0 Å². The normalized spacial score (nSPS) is 32.5. The summed E-state index contributed by atoms with van der Waals surface area (Å²) in [6, 6.07) is 2.18. The molecule has 2 N–H and O–H groups in total. The second-order valence-corrected chi connectivity index (χ2v) is 3.37. The largest absolute Gasteiger partial charge is 0.313 e. The van der Waals surface area contributed by atoms with Crippen molar-refractivity contribution < 1.29 is 0 Å². The van der Waals surface area contributed by atoms with Gasteiger partial charge in [-0.15, -0.1) is 0 Å². The fourth-order valence-electron chi connectivity index (χ4n) is 1.42. The molecule has 0 heterocycles. The minimum absolute atomic E-state index is 0.570. The van der Waals surface area contributed by atoms with Gasteiger partial charge in [0.25, 0.3) is 0 Å². The van der Waals surface area contributed by atoms with Crippen LogP contribution in [0.5, 0.6) is 0 Å². The van der Waals surface area contributed by atoms with Crippen LogP contribution in [0.2, 0.25) is 0 Å². The van der Waals surface area contributed by atoms with E-state index in [0.29, 0.717) is 0 Å². The molecule has 0 aromatic carbocycles. The maximum atomic E-state index is 8.76. The van der Waals surface area contributed by atoms with Gasteiger partial charge in [-0.3, -0.25) is 0 Å². The van der Waals surface area contributed by atoms with Crippen LogP contribution in [0.25, 0.3) is 0 Å². The van der Waals surface area contributed by atoms with Gasteiger partial charge in [-0.05, 0) is 32.1 Å². The van der Waals surface area contributed by atoms with Crippen LogP contribution in [0.4, 0.5) is 0 Å². The fraction of sp³-hybridized carbons (Fsp3) is 0.667. The van der Waals surface area contributed by atoms with Gasteiger partial charge in [0.1, 0.15) is 5.54 Å². The standard InChI is InChI=1S/C9H14N2/c1-8-3-2-5-9(11,7-10)6-4-8/h1-6,11H2. The van der Waals surface area contributed by atoms with Crippen LogP contribution in [0.15, 0.2) is 12.2 Å². The number of nitrogens with zero attached hydrogens (tertiary/aromatic N) is 1. The van der Waals surface area contributed by atoms with Crippen molar-refractivity contribution >= 4 is 0 Å². The van der Waals surface area contributed by atoms with E-state index in [-0.39, 0.29) is 0 Å². The van der Waals surface area contributed by atoms with Gasteiger partial charge in [0.05, 0.1) is 6.07 Å². The van der Waals surface area contributed by atoms with Crippen molar-refractivity contribution in [3.8, 4) is 6.07 Å². The number of nitriles is 1. The molecule has 60 valence electrons. The Morgan fingerprint density at radius 2 is 2.18 bits per heavy atom. The molecule has 2 nitrogen and oxygen atoms in total. The molecule has 1 unspecified atom stereocenters. The zero-order valence-electron chi connectivity index (χ0n) is 6.77. The van der Waals surface area contributed by atoms with E-state index in [1.54, 1.807) is 0 Å². The van der Waals surface area contributed by atoms with E-state index in [0.717, 1.165) is 32.1 Å². The quantitative estimate of drug-likeness (QED) is 0.422. The first-order valence-corrected chi connectivity index (χ1v) is 4.03. The van der Waals surface area contributed by atoms with Crippen LogP contribution >= 0.6 is 0 Å². The van der Waals surface area contributed by atoms with Crippen LogP contribution < -0.4 is 5.73 Å². The van der Waals surface area contributed by atoms with Crippen LogP contribution in [0, 0.1) is 11.3 Å². The lowest BCUT2D eigenvalue weighted by Crippen LogP contribution is -2.37. The molecule has 2 heteroatoms. The molecule has 1 saturated carbocycles. The number of nitrogens with two attached hydrogens (primary N) is 1. The highest BCUT2D eigenvalue weighted by molar-refractivity contribution is 5.10. The summed E-state index contributed by atoms with van der Waals surface area (Å²) >= 11 is 0. The highest BCUT2D eigenvalue weighted by Gasteiger charge is 2.26. The Morgan fingerprint density at radius 3 is 2.82 bits per heavy atom. The summed E-state index contributed by atoms with van der Waals surface area (Å²) in [5.74, 6) is 0. The van der Waals surface area contributed by atoms with Crippen molar-refractivity contribution in [3.63, 3.8) is 0 Å². The van der Waals surface area contributed by atoms with E-state index in [1.165, 1.54) is 5.57 Å². The first-order chi connectivity index (χ1) is 5.16. The second kappa shape index (κ2) is 3.06. The monoisotopic (exact) mass is 150 g/mol. The van der Waals surface area contributed by atoms with Gasteiger partial charge in [0, 0.05) is 0 Å². The Morgan fingerprint density at radius 1 is 1.45 bits per heavy atom. The summed E-state index contributed by atoms with van der Waals surface area (Å²) < 4.78 is 0. The Balaban J connectivity index is 2.61. The molecule has 0 amide bonds. The Bertz CT molecular complexity index is 202. The Kier molecular flexibility index (Phi) is 2.31. The number of allylic oxidation sites excluding steroid dienone is 1. The average Bonchev–Trinajstić information content (AvgIpc) is 2.15. The maximum Gasteiger partial charge on any atom is 0.104 e. The lowest BCUT2D eigenvalue weighted by atomic mass is 9.93. The van der Waals surface area contributed by atoms with Crippen molar-refractivity contribution in [1.29, 1.82) is 5.26 Å². The van der Waals surface area contributed by atoms with Crippen molar-refractivity contribution in [2.45, 2.75) is 37.6 Å². The lowest BCUT2D eigenvalue weighted by molar-refractivity contribution is 0.475. The van der Waals surface area contributed by atoms with Crippen LogP contribution in [-0.2, 0) is 0 Å². The van der Waals surface area contributed by atoms with Crippen molar-refractivity contribution in [2.75, 3.05) is 0 Å². The van der Waals surface area contributed by atoms with Gasteiger partial charge in [0.15, 0.2) is 0 Å². The highest BCUT2D eigenvalue weighted by atomic mass is 14.7. The first kappa shape index (κ1) is 8.29. The van der Waals surface area contributed by atoms with Crippen molar-refractivity contribution in [3.05, 3.63) is 12.2 Å². The summed E-state index contributed by atoms with van der Waals surface area (Å²) in [6.45, 7) is 3.91. The summed E-state index contributed by atoms with van der Waals surface area (Å²) in [6.07, 6.45) is 4.58. The zero-order valence-corrected chi connectivity index (χ0v) is 6.77. The lowest BCUT2D eigenvalue weighted by Gasteiger charge is -2.17. The predicted molar refractivity (Wildman–Crippen MR) is 44.8 cm³/mol. The minimum atomic E-state index is -0.570. The summed E-state index contributed by atoms with van der Waals surface area (Å²) in [7, 11) is 0. The van der Waals surface area contributed by atoms with Crippen molar-refractivity contribution in [2.24, 2.45) is 5.73 Å². The van der Waals surface area contributed by atoms with Gasteiger partial charge < -0.3 is 5.73 Å². The molecule has 0 aromatic rings. The van der Waals surface area contributed by atoms with Gasteiger partial charge in [0.2, 0.25) is 0 Å². The van der Waals surface area contributed by atoms with E-state index in [1.807, 2.05) is 0 Å². The minimum Gasteiger partial charge on any atom is -0.313 e. The number of rotatable bonds is 0. The summed E-state index contributed by atoms with van der Waals surface area (Å²) in [5.41, 5.74) is 6.49. The van der Waals surface area contributed by atoms with E-state index in [9.17, 15) is 0 Å². The third-order valence-electron chi connectivity index (χ3n) is 2.30. The fourth-order valence-corrected chi connectivity index (χ4v) is 1.42. The van der Waals surface area contributed by atoms with Crippen LogP contribution in [0.3, 0.4) is 0 Å². The molecular formula is C9H14N2. The average molecular weight is 150 g/mol. The summed E-state index contributed by atoms with van der Waals surface area (Å²) in [4.78, 5) is 0. The smallest absolute Gasteiger partial charge is 0.104 e. The molecule has 0 saturated heterocycles. The molecule has 1 fully saturated rings. The van der Waals surface area contributed by atoms with E-state index < -0.39 is 5.54 Å². The summed E-state index contributed by atoms with van der Waals surface area (Å²) in [5, 5.41) is 8.76. The van der Waals surface area contributed by atoms with Crippen molar-refractivity contribution in [1.82, 2.24) is 0 Å². The molecule has 0 aliphatic heterocycles. The van der Waals surface area contributed by atoms with Crippen LogP contribution in [-0.4, -0.2) is 5.54 Å². The van der Waals surface area contributed by atoms with Gasteiger partial charge >= 0.3 is 0 Å². The molecule has 1 rings (SSSR count). The molecule has 0 spiro atoms. The topological polar surface area (TPSA) is 49.8 Å². The zero-order chi connectivity index (χ0) is 8.32. The van der Waals surface area contributed by atoms with Gasteiger partial charge in [-0.2, -0.15) is 5.26 Å². The molecule has 0 bridgehead atoms. The maximum absolute atomic E-state index is 8.76. The molecule has 11 heavy (non-hydrogen) atoms. The molecule has 0 aromatic heterocycles. The van der Waals surface area contributed by atoms with Crippen LogP contribution in [0.1, 0.15) is 32.1 Å². The predicted octanol–water partition coefficient (Wildman–Crippen LogP) is 1.73. The highest BCUT2D eigenvalue weighted by Crippen LogP contribution is 2.26. The van der Waals surface area contributed by atoms with E-state index in [2.05, 4.69) is 12.6 Å². The van der Waals surface area contributed by atoms with Gasteiger partial charge in [-0.1, -0.05) is 12.2 Å². The molecular weight excluding hydrogens is 136 g/mol. The van der Waals surface area contributed by atoms with E-state index in [4.69, 9.17) is 11.0 Å². The second-order valence-electron chi connectivity index (χ2n) is 3.37. The Labute approximate surface area is 67.7 Å². The third-order valence-corrected chi connectivity index (χ3v) is 2.30. The molecule has 1 atom stereocenters. The van der Waals surface area contributed by atoms with E-state index >= 15 is 0 Å². The number of hydrogen-bond acceptors (Lipinski definition) is 2. The molecule has 0 radical (unpaired) electrons.